The summed E-state index contributed by atoms with van der Waals surface area (Å²) in [5, 5.41) is 0. The van der Waals surface area contributed by atoms with Gasteiger partial charge in [-0.25, -0.2) is 4.98 Å². The standard InChI is InChI=1S/C11H19N3/c1-10(2)14-5-3-11(8-14)7-13-6-4-12-9-13/h4,6,9-11H,3,5,7-8H2,1-2H3. The van der Waals surface area contributed by atoms with Crippen LogP contribution in [-0.2, 0) is 6.54 Å². The Morgan fingerprint density at radius 1 is 1.50 bits per heavy atom. The third kappa shape index (κ3) is 2.15. The van der Waals surface area contributed by atoms with Crippen LogP contribution in [0.3, 0.4) is 0 Å². The van der Waals surface area contributed by atoms with Gasteiger partial charge in [0.1, 0.15) is 0 Å². The molecule has 0 saturated carbocycles. The van der Waals surface area contributed by atoms with E-state index in [1.54, 1.807) is 0 Å². The Kier molecular flexibility index (Phi) is 2.87. The van der Waals surface area contributed by atoms with Gasteiger partial charge in [-0.2, -0.15) is 0 Å². The lowest BCUT2D eigenvalue weighted by Gasteiger charge is -2.20. The minimum Gasteiger partial charge on any atom is -0.337 e. The second-order valence-electron chi connectivity index (χ2n) is 4.50. The lowest BCUT2D eigenvalue weighted by Crippen LogP contribution is -2.28. The lowest BCUT2D eigenvalue weighted by atomic mass is 10.1. The predicted octanol–water partition coefficient (Wildman–Crippen LogP) is 1.61. The van der Waals surface area contributed by atoms with Crippen molar-refractivity contribution >= 4 is 0 Å². The van der Waals surface area contributed by atoms with Crippen molar-refractivity contribution < 1.29 is 0 Å². The van der Waals surface area contributed by atoms with E-state index in [9.17, 15) is 0 Å². The minimum absolute atomic E-state index is 0.697. The molecule has 0 aromatic carbocycles. The maximum atomic E-state index is 4.07. The Balaban J connectivity index is 1.84. The highest BCUT2D eigenvalue weighted by Gasteiger charge is 2.23. The summed E-state index contributed by atoms with van der Waals surface area (Å²) in [7, 11) is 0. The molecule has 1 fully saturated rings. The van der Waals surface area contributed by atoms with E-state index in [1.807, 2.05) is 12.5 Å². The highest BCUT2D eigenvalue weighted by molar-refractivity contribution is 4.81. The molecule has 0 bridgehead atoms. The number of aromatic nitrogens is 2. The normalized spacial score (nSPS) is 23.5. The van der Waals surface area contributed by atoms with Gasteiger partial charge in [0.05, 0.1) is 6.33 Å². The fourth-order valence-electron chi connectivity index (χ4n) is 2.17. The van der Waals surface area contributed by atoms with Crippen LogP contribution in [0.25, 0.3) is 0 Å². The third-order valence-corrected chi connectivity index (χ3v) is 3.08. The number of likely N-dealkylation sites (tertiary alicyclic amines) is 1. The highest BCUT2D eigenvalue weighted by Crippen LogP contribution is 2.19. The van der Waals surface area contributed by atoms with E-state index in [2.05, 4.69) is 34.5 Å². The fraction of sp³-hybridized carbons (Fsp3) is 0.727. The Hall–Kier alpha value is -0.830. The third-order valence-electron chi connectivity index (χ3n) is 3.08. The van der Waals surface area contributed by atoms with Gasteiger partial charge in [0.25, 0.3) is 0 Å². The van der Waals surface area contributed by atoms with E-state index in [1.165, 1.54) is 19.5 Å². The summed E-state index contributed by atoms with van der Waals surface area (Å²) in [5.41, 5.74) is 0. The molecule has 1 aliphatic rings. The van der Waals surface area contributed by atoms with Gasteiger partial charge in [0.2, 0.25) is 0 Å². The molecule has 1 aliphatic heterocycles. The predicted molar refractivity (Wildman–Crippen MR) is 57.0 cm³/mol. The van der Waals surface area contributed by atoms with Gasteiger partial charge >= 0.3 is 0 Å². The van der Waals surface area contributed by atoms with Gasteiger partial charge in [-0.05, 0) is 32.7 Å². The van der Waals surface area contributed by atoms with Crippen LogP contribution in [0.1, 0.15) is 20.3 Å². The van der Waals surface area contributed by atoms with Crippen molar-refractivity contribution in [1.29, 1.82) is 0 Å². The van der Waals surface area contributed by atoms with Gasteiger partial charge in [0.15, 0.2) is 0 Å². The van der Waals surface area contributed by atoms with Crippen LogP contribution < -0.4 is 0 Å². The fourth-order valence-corrected chi connectivity index (χ4v) is 2.17. The van der Waals surface area contributed by atoms with E-state index in [4.69, 9.17) is 0 Å². The zero-order valence-electron chi connectivity index (χ0n) is 9.06. The molecule has 14 heavy (non-hydrogen) atoms. The molecule has 0 aliphatic carbocycles. The number of nitrogens with zero attached hydrogens (tertiary/aromatic N) is 3. The van der Waals surface area contributed by atoms with Crippen LogP contribution in [0, 0.1) is 5.92 Å². The first-order valence-corrected chi connectivity index (χ1v) is 5.45. The van der Waals surface area contributed by atoms with Crippen molar-refractivity contribution in [3.63, 3.8) is 0 Å². The van der Waals surface area contributed by atoms with Gasteiger partial charge in [-0.15, -0.1) is 0 Å². The van der Waals surface area contributed by atoms with Crippen LogP contribution in [0.15, 0.2) is 18.7 Å². The SMILES string of the molecule is CC(C)N1CCC(Cn2ccnc2)C1. The number of rotatable bonds is 3. The maximum Gasteiger partial charge on any atom is 0.0946 e. The van der Waals surface area contributed by atoms with Gasteiger partial charge < -0.3 is 9.47 Å². The molecule has 1 aromatic heterocycles. The number of hydrogen-bond donors (Lipinski definition) is 0. The van der Waals surface area contributed by atoms with Crippen molar-refractivity contribution in [3.05, 3.63) is 18.7 Å². The molecule has 2 heterocycles. The Morgan fingerprint density at radius 2 is 2.36 bits per heavy atom. The molecular formula is C11H19N3. The summed E-state index contributed by atoms with van der Waals surface area (Å²) in [4.78, 5) is 6.62. The van der Waals surface area contributed by atoms with Crippen molar-refractivity contribution in [2.45, 2.75) is 32.9 Å². The van der Waals surface area contributed by atoms with E-state index >= 15 is 0 Å². The first-order chi connectivity index (χ1) is 6.75. The van der Waals surface area contributed by atoms with E-state index in [-0.39, 0.29) is 0 Å². The minimum atomic E-state index is 0.697. The van der Waals surface area contributed by atoms with E-state index < -0.39 is 0 Å². The number of imidazole rings is 1. The molecule has 1 atom stereocenters. The summed E-state index contributed by atoms with van der Waals surface area (Å²) in [6, 6.07) is 0.697. The maximum absolute atomic E-state index is 4.07. The molecular weight excluding hydrogens is 174 g/mol. The molecule has 3 nitrogen and oxygen atoms in total. The molecule has 78 valence electrons. The van der Waals surface area contributed by atoms with Crippen LogP contribution in [0.2, 0.25) is 0 Å². The topological polar surface area (TPSA) is 21.1 Å². The van der Waals surface area contributed by atoms with Crippen LogP contribution in [-0.4, -0.2) is 33.6 Å². The molecule has 1 unspecified atom stereocenters. The Labute approximate surface area is 85.7 Å². The first kappa shape index (κ1) is 9.71. The largest absolute Gasteiger partial charge is 0.337 e. The second kappa shape index (κ2) is 4.13. The van der Waals surface area contributed by atoms with Gasteiger partial charge in [-0.1, -0.05) is 0 Å². The van der Waals surface area contributed by atoms with Crippen molar-refractivity contribution in [2.75, 3.05) is 13.1 Å². The Morgan fingerprint density at radius 3 is 2.93 bits per heavy atom. The quantitative estimate of drug-likeness (QED) is 0.727. The van der Waals surface area contributed by atoms with Gasteiger partial charge in [-0.3, -0.25) is 0 Å². The van der Waals surface area contributed by atoms with Gasteiger partial charge in [0, 0.05) is 31.5 Å². The zero-order chi connectivity index (χ0) is 9.97. The molecule has 0 radical (unpaired) electrons. The molecule has 1 saturated heterocycles. The molecule has 2 rings (SSSR count). The van der Waals surface area contributed by atoms with E-state index in [0.29, 0.717) is 6.04 Å². The van der Waals surface area contributed by atoms with Crippen LogP contribution >= 0.6 is 0 Å². The average molecular weight is 193 g/mol. The summed E-state index contributed by atoms with van der Waals surface area (Å²) in [5.74, 6) is 0.812. The molecule has 3 heteroatoms. The van der Waals surface area contributed by atoms with Crippen molar-refractivity contribution in [1.82, 2.24) is 14.5 Å². The monoisotopic (exact) mass is 193 g/mol. The first-order valence-electron chi connectivity index (χ1n) is 5.45. The zero-order valence-corrected chi connectivity index (χ0v) is 9.06. The van der Waals surface area contributed by atoms with Crippen molar-refractivity contribution in [2.24, 2.45) is 5.92 Å². The lowest BCUT2D eigenvalue weighted by molar-refractivity contribution is 0.260. The molecule has 0 spiro atoms. The number of hydrogen-bond acceptors (Lipinski definition) is 2. The highest BCUT2D eigenvalue weighted by atomic mass is 15.2. The van der Waals surface area contributed by atoms with Crippen LogP contribution in [0.5, 0.6) is 0 Å². The summed E-state index contributed by atoms with van der Waals surface area (Å²) >= 11 is 0. The van der Waals surface area contributed by atoms with Crippen LogP contribution in [0.4, 0.5) is 0 Å². The summed E-state index contributed by atoms with van der Waals surface area (Å²) in [6.45, 7) is 8.19. The van der Waals surface area contributed by atoms with Crippen molar-refractivity contribution in [3.8, 4) is 0 Å². The molecule has 0 amide bonds. The second-order valence-corrected chi connectivity index (χ2v) is 4.50. The summed E-state index contributed by atoms with van der Waals surface area (Å²) < 4.78 is 2.19. The average Bonchev–Trinajstić information content (AvgIpc) is 2.75. The van der Waals surface area contributed by atoms with E-state index in [0.717, 1.165) is 12.5 Å². The molecule has 0 N–H and O–H groups in total. The summed E-state index contributed by atoms with van der Waals surface area (Å²) in [6.07, 6.45) is 7.15. The Bertz CT molecular complexity index is 266. The smallest absolute Gasteiger partial charge is 0.0946 e. The molecule has 1 aromatic rings.